The van der Waals surface area contributed by atoms with E-state index in [4.69, 9.17) is 0 Å². The summed E-state index contributed by atoms with van der Waals surface area (Å²) in [7, 11) is -3.41. The number of hydrogen-bond acceptors (Lipinski definition) is 3. The molecule has 1 saturated heterocycles. The molecule has 4 nitrogen and oxygen atoms in total. The maximum Gasteiger partial charge on any atom is 0.244 e. The lowest BCUT2D eigenvalue weighted by Crippen LogP contribution is -2.34. The van der Waals surface area contributed by atoms with Gasteiger partial charge in [-0.3, -0.25) is 0 Å². The molecule has 2 rings (SSSR count). The van der Waals surface area contributed by atoms with Gasteiger partial charge >= 0.3 is 0 Å². The highest BCUT2D eigenvalue weighted by Gasteiger charge is 2.26. The fourth-order valence-corrected chi connectivity index (χ4v) is 5.07. The number of nitrogens with one attached hydrogen (secondary N) is 1. The molecule has 1 fully saturated rings. The summed E-state index contributed by atoms with van der Waals surface area (Å²) in [6, 6.07) is 5.12. The van der Waals surface area contributed by atoms with Crippen LogP contribution in [0.15, 0.2) is 32.0 Å². The van der Waals surface area contributed by atoms with Crippen LogP contribution in [0, 0.1) is 0 Å². The summed E-state index contributed by atoms with van der Waals surface area (Å²) in [5, 5.41) is 3.20. The average molecular weight is 435 g/mol. The lowest BCUT2D eigenvalue weighted by atomic mass is 10.4. The molecule has 108 valence electrons. The normalized spacial score (nSPS) is 17.6. The third-order valence-corrected chi connectivity index (χ3v) is 6.18. The number of sulfonamides is 1. The van der Waals surface area contributed by atoms with Gasteiger partial charge in [-0.25, -0.2) is 8.42 Å². The van der Waals surface area contributed by atoms with E-state index in [2.05, 4.69) is 37.2 Å². The number of hydrogen-bond donors (Lipinski definition) is 1. The maximum atomic E-state index is 12.5. The van der Waals surface area contributed by atoms with Crippen LogP contribution in [0.2, 0.25) is 0 Å². The van der Waals surface area contributed by atoms with Gasteiger partial charge in [-0.1, -0.05) is 15.9 Å². The van der Waals surface area contributed by atoms with E-state index in [9.17, 15) is 8.42 Å². The van der Waals surface area contributed by atoms with Gasteiger partial charge < -0.3 is 5.32 Å². The minimum atomic E-state index is -3.41. The Morgan fingerprint density at radius 1 is 1.16 bits per heavy atom. The van der Waals surface area contributed by atoms with Crippen molar-refractivity contribution in [2.75, 3.05) is 26.2 Å². The Balaban J connectivity index is 0.00000180. The molecule has 1 aliphatic heterocycles. The van der Waals surface area contributed by atoms with Crippen molar-refractivity contribution < 1.29 is 8.42 Å². The van der Waals surface area contributed by atoms with E-state index in [0.717, 1.165) is 17.4 Å². The molecular weight excluding hydrogens is 419 g/mol. The zero-order chi connectivity index (χ0) is 13.2. The van der Waals surface area contributed by atoms with Gasteiger partial charge in [0.2, 0.25) is 10.0 Å². The van der Waals surface area contributed by atoms with Crippen LogP contribution in [0.25, 0.3) is 0 Å². The highest BCUT2D eigenvalue weighted by molar-refractivity contribution is 9.11. The largest absolute Gasteiger partial charge is 0.315 e. The topological polar surface area (TPSA) is 49.4 Å². The predicted octanol–water partition coefficient (Wildman–Crippen LogP) is 2.62. The van der Waals surface area contributed by atoms with E-state index >= 15 is 0 Å². The summed E-state index contributed by atoms with van der Waals surface area (Å²) in [5.41, 5.74) is 0. The zero-order valence-electron chi connectivity index (χ0n) is 10.1. The Morgan fingerprint density at radius 2 is 1.89 bits per heavy atom. The molecule has 0 amide bonds. The highest BCUT2D eigenvalue weighted by Crippen LogP contribution is 2.28. The SMILES string of the molecule is Cl.O=S(=O)(c1ccc(Br)cc1Br)N1CCCNCC1. The molecular formula is C11H15Br2ClN2O2S. The van der Waals surface area contributed by atoms with Crippen LogP contribution in [0.4, 0.5) is 0 Å². The smallest absolute Gasteiger partial charge is 0.244 e. The second kappa shape index (κ2) is 7.38. The molecule has 0 spiro atoms. The van der Waals surface area contributed by atoms with Gasteiger partial charge in [0.15, 0.2) is 0 Å². The molecule has 0 bridgehead atoms. The Kier molecular flexibility index (Phi) is 6.75. The number of rotatable bonds is 2. The summed E-state index contributed by atoms with van der Waals surface area (Å²) in [4.78, 5) is 0.326. The van der Waals surface area contributed by atoms with E-state index in [1.165, 1.54) is 0 Å². The minimum Gasteiger partial charge on any atom is -0.315 e. The highest BCUT2D eigenvalue weighted by atomic mass is 79.9. The fraction of sp³-hybridized carbons (Fsp3) is 0.455. The minimum absolute atomic E-state index is 0. The lowest BCUT2D eigenvalue weighted by Gasteiger charge is -2.20. The van der Waals surface area contributed by atoms with Crippen molar-refractivity contribution in [2.45, 2.75) is 11.3 Å². The number of halogens is 3. The quantitative estimate of drug-likeness (QED) is 0.779. The number of nitrogens with zero attached hydrogens (tertiary/aromatic N) is 1. The van der Waals surface area contributed by atoms with Gasteiger partial charge in [0.25, 0.3) is 0 Å². The summed E-state index contributed by atoms with van der Waals surface area (Å²) in [6.45, 7) is 2.66. The van der Waals surface area contributed by atoms with E-state index < -0.39 is 10.0 Å². The first kappa shape index (κ1) is 17.4. The molecule has 0 radical (unpaired) electrons. The first-order chi connectivity index (χ1) is 8.51. The lowest BCUT2D eigenvalue weighted by molar-refractivity contribution is 0.431. The predicted molar refractivity (Wildman–Crippen MR) is 85.3 cm³/mol. The van der Waals surface area contributed by atoms with Crippen molar-refractivity contribution in [2.24, 2.45) is 0 Å². The zero-order valence-corrected chi connectivity index (χ0v) is 14.9. The Bertz CT molecular complexity index is 531. The van der Waals surface area contributed by atoms with Crippen molar-refractivity contribution >= 4 is 54.3 Å². The molecule has 1 aromatic rings. The molecule has 8 heteroatoms. The van der Waals surface area contributed by atoms with E-state index in [1.54, 1.807) is 22.5 Å². The Hall–Kier alpha value is 0.340. The van der Waals surface area contributed by atoms with Gasteiger partial charge in [0, 0.05) is 28.6 Å². The molecule has 0 aromatic heterocycles. The third kappa shape index (κ3) is 4.15. The van der Waals surface area contributed by atoms with Crippen LogP contribution in [0.3, 0.4) is 0 Å². The first-order valence-corrected chi connectivity index (χ1v) is 8.70. The van der Waals surface area contributed by atoms with Gasteiger partial charge in [-0.15, -0.1) is 12.4 Å². The molecule has 19 heavy (non-hydrogen) atoms. The molecule has 0 unspecified atom stereocenters. The molecule has 0 saturated carbocycles. The summed E-state index contributed by atoms with van der Waals surface area (Å²) in [5.74, 6) is 0. The summed E-state index contributed by atoms with van der Waals surface area (Å²) < 4.78 is 28.0. The first-order valence-electron chi connectivity index (χ1n) is 5.68. The van der Waals surface area contributed by atoms with E-state index in [0.29, 0.717) is 29.0 Å². The second-order valence-corrected chi connectivity index (χ2v) is 7.76. The molecule has 1 aromatic carbocycles. The van der Waals surface area contributed by atoms with Gasteiger partial charge in [-0.05, 0) is 47.1 Å². The molecule has 1 aliphatic rings. The van der Waals surface area contributed by atoms with Gasteiger partial charge in [0.05, 0.1) is 4.90 Å². The second-order valence-electron chi connectivity index (χ2n) is 4.08. The van der Waals surface area contributed by atoms with Crippen molar-refractivity contribution in [3.05, 3.63) is 27.1 Å². The molecule has 0 atom stereocenters. The maximum absolute atomic E-state index is 12.5. The average Bonchev–Trinajstić information content (AvgIpc) is 2.57. The van der Waals surface area contributed by atoms with Crippen LogP contribution in [0.1, 0.15) is 6.42 Å². The Labute approximate surface area is 136 Å². The fourth-order valence-electron chi connectivity index (χ4n) is 1.88. The summed E-state index contributed by atoms with van der Waals surface area (Å²) in [6.07, 6.45) is 0.841. The summed E-state index contributed by atoms with van der Waals surface area (Å²) >= 11 is 6.64. The third-order valence-electron chi connectivity index (χ3n) is 2.81. The van der Waals surface area contributed by atoms with Crippen molar-refractivity contribution in [1.82, 2.24) is 9.62 Å². The van der Waals surface area contributed by atoms with E-state index in [1.807, 2.05) is 0 Å². The van der Waals surface area contributed by atoms with Crippen LogP contribution in [0.5, 0.6) is 0 Å². The Morgan fingerprint density at radius 3 is 2.58 bits per heavy atom. The molecule has 1 N–H and O–H groups in total. The van der Waals surface area contributed by atoms with Gasteiger partial charge in [0.1, 0.15) is 0 Å². The van der Waals surface area contributed by atoms with E-state index in [-0.39, 0.29) is 12.4 Å². The molecule has 0 aliphatic carbocycles. The van der Waals surface area contributed by atoms with Crippen LogP contribution < -0.4 is 5.32 Å². The van der Waals surface area contributed by atoms with Crippen LogP contribution in [-0.4, -0.2) is 38.9 Å². The standard InChI is InChI=1S/C11H14Br2N2O2S.ClH/c12-9-2-3-11(10(13)8-9)18(16,17)15-6-1-4-14-5-7-15;/h2-3,8,14H,1,4-7H2;1H. The van der Waals surface area contributed by atoms with Crippen molar-refractivity contribution in [3.8, 4) is 0 Å². The van der Waals surface area contributed by atoms with Gasteiger partial charge in [-0.2, -0.15) is 4.31 Å². The van der Waals surface area contributed by atoms with Crippen LogP contribution >= 0.6 is 44.3 Å². The monoisotopic (exact) mass is 432 g/mol. The van der Waals surface area contributed by atoms with Crippen molar-refractivity contribution in [1.29, 1.82) is 0 Å². The molecule has 1 heterocycles. The van der Waals surface area contributed by atoms with Crippen LogP contribution in [-0.2, 0) is 10.0 Å². The number of benzene rings is 1. The van der Waals surface area contributed by atoms with Crippen molar-refractivity contribution in [3.63, 3.8) is 0 Å².